The van der Waals surface area contributed by atoms with Crippen molar-refractivity contribution in [3.63, 3.8) is 0 Å². The molecule has 0 heterocycles. The van der Waals surface area contributed by atoms with Crippen molar-refractivity contribution >= 4 is 23.6 Å². The summed E-state index contributed by atoms with van der Waals surface area (Å²) < 4.78 is 0. The van der Waals surface area contributed by atoms with Crippen LogP contribution >= 0.6 is 0 Å². The number of phenolic OH excluding ortho intramolecular Hbond substituents is 1. The minimum Gasteiger partial charge on any atom is -0.508 e. The number of carboxylic acids is 1. The van der Waals surface area contributed by atoms with Gasteiger partial charge in [-0.1, -0.05) is 0 Å². The second-order valence-electron chi connectivity index (χ2n) is 3.05. The number of hydrogen-bond donors (Lipinski definition) is 5. The molecule has 0 fully saturated rings. The lowest BCUT2D eigenvalue weighted by atomic mass is 10.2. The quantitative estimate of drug-likeness (QED) is 0.338. The van der Waals surface area contributed by atoms with Crippen LogP contribution in [0.5, 0.6) is 5.75 Å². The molecule has 0 bridgehead atoms. The highest BCUT2D eigenvalue weighted by atomic mass is 16.4. The van der Waals surface area contributed by atoms with Gasteiger partial charge in [-0.25, -0.2) is 9.79 Å². The van der Waals surface area contributed by atoms with Crippen molar-refractivity contribution in [3.8, 4) is 5.75 Å². The second-order valence-corrected chi connectivity index (χ2v) is 3.05. The Morgan fingerprint density at radius 3 is 2.35 bits per heavy atom. The fraction of sp³-hybridized carbons (Fsp3) is 0. The van der Waals surface area contributed by atoms with Crippen molar-refractivity contribution in [3.05, 3.63) is 23.8 Å². The number of carboxylic acid groups (broad SMARTS) is 1. The summed E-state index contributed by atoms with van der Waals surface area (Å²) in [6.45, 7) is 0. The van der Waals surface area contributed by atoms with E-state index in [1.165, 1.54) is 12.1 Å². The minimum atomic E-state index is -1.20. The maximum atomic E-state index is 10.7. The van der Waals surface area contributed by atoms with Crippen LogP contribution in [0.15, 0.2) is 28.2 Å². The largest absolute Gasteiger partial charge is 0.508 e. The number of carbonyl (C=O) groups is 1. The van der Waals surface area contributed by atoms with Crippen molar-refractivity contribution in [1.82, 2.24) is 0 Å². The Balaban J connectivity index is 3.15. The molecule has 0 unspecified atom stereocenters. The highest BCUT2D eigenvalue weighted by Crippen LogP contribution is 2.22. The molecule has 0 atom stereocenters. The zero-order chi connectivity index (χ0) is 13.0. The Morgan fingerprint density at radius 1 is 1.18 bits per heavy atom. The number of aromatic hydroxyl groups is 1. The highest BCUT2D eigenvalue weighted by Gasteiger charge is 2.06. The highest BCUT2D eigenvalue weighted by molar-refractivity contribution is 5.94. The fourth-order valence-corrected chi connectivity index (χ4v) is 1.07. The van der Waals surface area contributed by atoms with Crippen LogP contribution in [0.25, 0.3) is 0 Å². The van der Waals surface area contributed by atoms with E-state index in [9.17, 15) is 9.90 Å². The average Bonchev–Trinajstić information content (AvgIpc) is 2.14. The topological polar surface area (TPSA) is 160 Å². The first-order chi connectivity index (χ1) is 7.88. The molecule has 8 heteroatoms. The van der Waals surface area contributed by atoms with E-state index in [0.717, 1.165) is 6.07 Å². The van der Waals surface area contributed by atoms with Crippen molar-refractivity contribution in [2.24, 2.45) is 27.2 Å². The van der Waals surface area contributed by atoms with Crippen LogP contribution < -0.4 is 17.2 Å². The molecule has 0 saturated carbocycles. The lowest BCUT2D eigenvalue weighted by Gasteiger charge is -2.00. The van der Waals surface area contributed by atoms with Gasteiger partial charge in [0.1, 0.15) is 5.75 Å². The maximum Gasteiger partial charge on any atom is 0.335 e. The number of guanidine groups is 2. The summed E-state index contributed by atoms with van der Waals surface area (Å²) in [5, 5.41) is 18.0. The summed E-state index contributed by atoms with van der Waals surface area (Å²) in [7, 11) is 0. The molecular weight excluding hydrogens is 226 g/mol. The van der Waals surface area contributed by atoms with Crippen LogP contribution in [0.2, 0.25) is 0 Å². The first-order valence-corrected chi connectivity index (χ1v) is 4.39. The van der Waals surface area contributed by atoms with Crippen LogP contribution in [0.4, 0.5) is 5.69 Å². The molecule has 90 valence electrons. The Hall–Kier alpha value is -2.77. The Bertz CT molecular complexity index is 505. The lowest BCUT2D eigenvalue weighted by Crippen LogP contribution is -2.26. The van der Waals surface area contributed by atoms with Crippen molar-refractivity contribution < 1.29 is 15.0 Å². The second kappa shape index (κ2) is 4.84. The van der Waals surface area contributed by atoms with E-state index in [0.29, 0.717) is 0 Å². The molecule has 17 heavy (non-hydrogen) atoms. The molecule has 1 aromatic rings. The van der Waals surface area contributed by atoms with Gasteiger partial charge in [0.05, 0.1) is 11.3 Å². The maximum absolute atomic E-state index is 10.7. The number of hydrogen-bond acceptors (Lipinski definition) is 3. The normalized spacial score (nSPS) is 10.9. The van der Waals surface area contributed by atoms with Crippen molar-refractivity contribution in [2.75, 3.05) is 0 Å². The van der Waals surface area contributed by atoms with Gasteiger partial charge in [0, 0.05) is 6.07 Å². The van der Waals surface area contributed by atoms with Gasteiger partial charge in [0.25, 0.3) is 0 Å². The van der Waals surface area contributed by atoms with E-state index in [1.54, 1.807) is 0 Å². The number of benzene rings is 1. The molecule has 0 aliphatic carbocycles. The molecule has 8 nitrogen and oxygen atoms in total. The van der Waals surface area contributed by atoms with Gasteiger partial charge in [0.2, 0.25) is 5.96 Å². The molecule has 0 aromatic heterocycles. The fourth-order valence-electron chi connectivity index (χ4n) is 1.07. The molecule has 8 N–H and O–H groups in total. The predicted octanol–water partition coefficient (Wildman–Crippen LogP) is -0.690. The number of aromatic carboxylic acids is 1. The summed E-state index contributed by atoms with van der Waals surface area (Å²) in [5.74, 6) is -1.96. The summed E-state index contributed by atoms with van der Waals surface area (Å²) >= 11 is 0. The van der Waals surface area contributed by atoms with Crippen LogP contribution in [0, 0.1) is 0 Å². The third-order valence-electron chi connectivity index (χ3n) is 1.64. The van der Waals surface area contributed by atoms with Crippen LogP contribution in [-0.4, -0.2) is 28.1 Å². The lowest BCUT2D eigenvalue weighted by molar-refractivity contribution is 0.0696. The first kappa shape index (κ1) is 12.3. The van der Waals surface area contributed by atoms with Gasteiger partial charge in [-0.3, -0.25) is 0 Å². The van der Waals surface area contributed by atoms with E-state index in [1.807, 2.05) is 0 Å². The number of nitrogens with zero attached hydrogens (tertiary/aromatic N) is 2. The number of phenols is 1. The molecule has 1 rings (SSSR count). The number of rotatable bonds is 2. The van der Waals surface area contributed by atoms with E-state index >= 15 is 0 Å². The van der Waals surface area contributed by atoms with Gasteiger partial charge < -0.3 is 27.4 Å². The van der Waals surface area contributed by atoms with Crippen LogP contribution in [-0.2, 0) is 0 Å². The minimum absolute atomic E-state index is 0.124. The molecule has 0 radical (unpaired) electrons. The Kier molecular flexibility index (Phi) is 3.50. The van der Waals surface area contributed by atoms with E-state index in [-0.39, 0.29) is 28.9 Å². The van der Waals surface area contributed by atoms with E-state index in [4.69, 9.17) is 22.3 Å². The molecule has 0 saturated heterocycles. The summed E-state index contributed by atoms with van der Waals surface area (Å²) in [4.78, 5) is 17.9. The molecule has 0 spiro atoms. The summed E-state index contributed by atoms with van der Waals surface area (Å²) in [6.07, 6.45) is 0. The zero-order valence-corrected chi connectivity index (χ0v) is 8.66. The average molecular weight is 237 g/mol. The standard InChI is InChI=1S/C9H11N5O3/c10-8(11)14-9(12)13-5-1-4(7(16)17)2-6(15)3-5/h1-3,15H,(H,16,17)(H6,10,11,12,13,14). The zero-order valence-electron chi connectivity index (χ0n) is 8.66. The molecule has 1 aromatic carbocycles. The molecule has 0 aliphatic heterocycles. The SMILES string of the molecule is NC(N)=NC(N)=Nc1cc(O)cc(C(=O)O)c1. The van der Waals surface area contributed by atoms with Gasteiger partial charge in [-0.15, -0.1) is 0 Å². The monoisotopic (exact) mass is 237 g/mol. The predicted molar refractivity (Wildman–Crippen MR) is 62.2 cm³/mol. The third kappa shape index (κ3) is 3.70. The van der Waals surface area contributed by atoms with Gasteiger partial charge in [0.15, 0.2) is 5.96 Å². The Labute approximate surface area is 96.1 Å². The van der Waals surface area contributed by atoms with Gasteiger partial charge in [-0.05, 0) is 12.1 Å². The molecule has 0 amide bonds. The Morgan fingerprint density at radius 2 is 1.82 bits per heavy atom. The number of aliphatic imine (C=N–C) groups is 2. The summed E-state index contributed by atoms with van der Waals surface area (Å²) in [5.41, 5.74) is 15.5. The van der Waals surface area contributed by atoms with Crippen LogP contribution in [0.1, 0.15) is 10.4 Å². The number of nitrogens with two attached hydrogens (primary N) is 3. The summed E-state index contributed by atoms with van der Waals surface area (Å²) in [6, 6.07) is 3.52. The van der Waals surface area contributed by atoms with E-state index in [2.05, 4.69) is 9.98 Å². The van der Waals surface area contributed by atoms with E-state index < -0.39 is 5.97 Å². The van der Waals surface area contributed by atoms with Crippen molar-refractivity contribution in [2.45, 2.75) is 0 Å². The first-order valence-electron chi connectivity index (χ1n) is 4.39. The molecule has 0 aliphatic rings. The van der Waals surface area contributed by atoms with Crippen LogP contribution in [0.3, 0.4) is 0 Å². The van der Waals surface area contributed by atoms with Crippen molar-refractivity contribution in [1.29, 1.82) is 0 Å². The smallest absolute Gasteiger partial charge is 0.335 e. The van der Waals surface area contributed by atoms with Gasteiger partial charge in [-0.2, -0.15) is 4.99 Å². The molecular formula is C9H11N5O3. The van der Waals surface area contributed by atoms with Gasteiger partial charge >= 0.3 is 5.97 Å². The third-order valence-corrected chi connectivity index (χ3v) is 1.64.